The lowest BCUT2D eigenvalue weighted by molar-refractivity contribution is -0.385. The molecule has 1 amide bonds. The van der Waals surface area contributed by atoms with Crippen molar-refractivity contribution in [1.82, 2.24) is 5.32 Å². The van der Waals surface area contributed by atoms with Crippen LogP contribution in [0.5, 0.6) is 0 Å². The summed E-state index contributed by atoms with van der Waals surface area (Å²) in [6.07, 6.45) is 0. The first-order valence-corrected chi connectivity index (χ1v) is 7.27. The Hall–Kier alpha value is -3.49. The molecule has 0 unspecified atom stereocenters. The molecule has 9 heteroatoms. The first-order valence-electron chi connectivity index (χ1n) is 7.27. The highest BCUT2D eigenvalue weighted by Crippen LogP contribution is 2.24. The molecular weight excluding hydrogens is 328 g/mol. The van der Waals surface area contributed by atoms with Crippen molar-refractivity contribution >= 4 is 23.0 Å². The van der Waals surface area contributed by atoms with Gasteiger partial charge in [-0.25, -0.2) is 0 Å². The van der Waals surface area contributed by atoms with Gasteiger partial charge in [-0.1, -0.05) is 12.1 Å². The summed E-state index contributed by atoms with van der Waals surface area (Å²) < 4.78 is 0. The van der Waals surface area contributed by atoms with Crippen molar-refractivity contribution in [2.75, 3.05) is 19.0 Å². The molecular formula is C16H16N4O5. The topological polar surface area (TPSA) is 119 Å². The molecule has 0 aliphatic rings. The van der Waals surface area contributed by atoms with Gasteiger partial charge in [-0.05, 0) is 11.6 Å². The molecule has 1 N–H and O–H groups in total. The fourth-order valence-corrected chi connectivity index (χ4v) is 2.22. The van der Waals surface area contributed by atoms with Crippen LogP contribution in [-0.2, 0) is 6.54 Å². The number of nitro benzene ring substituents is 2. The van der Waals surface area contributed by atoms with E-state index < -0.39 is 15.8 Å². The monoisotopic (exact) mass is 344 g/mol. The van der Waals surface area contributed by atoms with E-state index in [1.54, 1.807) is 31.1 Å². The predicted octanol–water partition coefficient (Wildman–Crippen LogP) is 2.50. The average molecular weight is 344 g/mol. The zero-order valence-corrected chi connectivity index (χ0v) is 13.6. The maximum Gasteiger partial charge on any atom is 0.270 e. The van der Waals surface area contributed by atoms with Crippen LogP contribution in [0, 0.1) is 20.2 Å². The van der Waals surface area contributed by atoms with Crippen molar-refractivity contribution in [3.8, 4) is 0 Å². The molecule has 0 radical (unpaired) electrons. The maximum absolute atomic E-state index is 12.4. The molecule has 0 aromatic heterocycles. The number of hydrogen-bond acceptors (Lipinski definition) is 6. The van der Waals surface area contributed by atoms with Crippen LogP contribution in [0.1, 0.15) is 15.9 Å². The number of carbonyl (C=O) groups is 1. The number of benzene rings is 2. The highest BCUT2D eigenvalue weighted by Gasteiger charge is 2.18. The molecule has 25 heavy (non-hydrogen) atoms. The zero-order valence-electron chi connectivity index (χ0n) is 13.6. The largest absolute Gasteiger partial charge is 0.377 e. The number of rotatable bonds is 6. The van der Waals surface area contributed by atoms with Gasteiger partial charge in [0.25, 0.3) is 17.3 Å². The Kier molecular flexibility index (Phi) is 5.28. The average Bonchev–Trinajstić information content (AvgIpc) is 2.59. The molecule has 0 aliphatic heterocycles. The minimum Gasteiger partial charge on any atom is -0.377 e. The lowest BCUT2D eigenvalue weighted by atomic mass is 10.1. The Labute approximate surface area is 143 Å². The van der Waals surface area contributed by atoms with Crippen molar-refractivity contribution in [3.05, 3.63) is 73.8 Å². The number of nitrogens with zero attached hydrogens (tertiary/aromatic N) is 3. The summed E-state index contributed by atoms with van der Waals surface area (Å²) in [4.78, 5) is 34.6. The van der Waals surface area contributed by atoms with E-state index in [0.29, 0.717) is 11.3 Å². The van der Waals surface area contributed by atoms with Crippen LogP contribution < -0.4 is 10.2 Å². The molecule has 130 valence electrons. The van der Waals surface area contributed by atoms with Crippen LogP contribution in [-0.4, -0.2) is 29.8 Å². The fraction of sp³-hybridized carbons (Fsp3) is 0.188. The molecule has 0 saturated heterocycles. The summed E-state index contributed by atoms with van der Waals surface area (Å²) >= 11 is 0. The van der Waals surface area contributed by atoms with Gasteiger partial charge in [0.1, 0.15) is 0 Å². The molecule has 9 nitrogen and oxygen atoms in total. The Bertz CT molecular complexity index is 818. The maximum atomic E-state index is 12.4. The standard InChI is InChI=1S/C16H16N4O5/c1-18(2)15-8-7-13(20(24)25)9-14(15)16(21)17-10-11-3-5-12(6-4-11)19(22)23/h3-9H,10H2,1-2H3,(H,17,21). The Balaban J connectivity index is 2.18. The third-order valence-electron chi connectivity index (χ3n) is 3.52. The minimum atomic E-state index is -0.563. The Morgan fingerprint density at radius 1 is 1.00 bits per heavy atom. The van der Waals surface area contributed by atoms with Gasteiger partial charge in [0, 0.05) is 50.6 Å². The number of anilines is 1. The van der Waals surface area contributed by atoms with Crippen LogP contribution in [0.4, 0.5) is 17.1 Å². The molecule has 0 saturated carbocycles. The van der Waals surface area contributed by atoms with Crippen molar-refractivity contribution in [3.63, 3.8) is 0 Å². The Morgan fingerprint density at radius 2 is 1.56 bits per heavy atom. The molecule has 0 aliphatic carbocycles. The number of amides is 1. The van der Waals surface area contributed by atoms with Gasteiger partial charge in [-0.2, -0.15) is 0 Å². The SMILES string of the molecule is CN(C)c1ccc([N+](=O)[O-])cc1C(=O)NCc1ccc([N+](=O)[O-])cc1. The van der Waals surface area contributed by atoms with E-state index in [4.69, 9.17) is 0 Å². The van der Waals surface area contributed by atoms with E-state index in [2.05, 4.69) is 5.32 Å². The Morgan fingerprint density at radius 3 is 2.08 bits per heavy atom. The second-order valence-electron chi connectivity index (χ2n) is 5.46. The molecule has 0 spiro atoms. The summed E-state index contributed by atoms with van der Waals surface area (Å²) in [6.45, 7) is 0.145. The van der Waals surface area contributed by atoms with Crippen molar-refractivity contribution in [2.45, 2.75) is 6.54 Å². The lowest BCUT2D eigenvalue weighted by Crippen LogP contribution is -2.25. The molecule has 0 bridgehead atoms. The normalized spacial score (nSPS) is 10.2. The summed E-state index contributed by atoms with van der Waals surface area (Å²) in [5, 5.41) is 24.2. The van der Waals surface area contributed by atoms with Gasteiger partial charge < -0.3 is 10.2 Å². The summed E-state index contributed by atoms with van der Waals surface area (Å²) in [5.74, 6) is -0.467. The molecule has 2 aromatic rings. The number of nitrogens with one attached hydrogen (secondary N) is 1. The van der Waals surface area contributed by atoms with E-state index in [-0.39, 0.29) is 23.5 Å². The summed E-state index contributed by atoms with van der Waals surface area (Å²) in [7, 11) is 3.46. The van der Waals surface area contributed by atoms with Crippen molar-refractivity contribution in [1.29, 1.82) is 0 Å². The first kappa shape index (κ1) is 17.9. The quantitative estimate of drug-likeness (QED) is 0.635. The number of carbonyl (C=O) groups excluding carboxylic acids is 1. The molecule has 0 heterocycles. The summed E-state index contributed by atoms with van der Waals surface area (Å²) in [5.41, 5.74) is 1.19. The van der Waals surface area contributed by atoms with Gasteiger partial charge in [-0.15, -0.1) is 0 Å². The van der Waals surface area contributed by atoms with Crippen LogP contribution in [0.25, 0.3) is 0 Å². The molecule has 2 rings (SSSR count). The lowest BCUT2D eigenvalue weighted by Gasteiger charge is -2.17. The third kappa shape index (κ3) is 4.28. The van der Waals surface area contributed by atoms with E-state index in [1.165, 1.54) is 30.3 Å². The number of hydrogen-bond donors (Lipinski definition) is 1. The smallest absolute Gasteiger partial charge is 0.270 e. The van der Waals surface area contributed by atoms with Gasteiger partial charge in [-0.3, -0.25) is 25.0 Å². The number of non-ortho nitro benzene ring substituents is 2. The van der Waals surface area contributed by atoms with Crippen LogP contribution in [0.2, 0.25) is 0 Å². The van der Waals surface area contributed by atoms with Crippen molar-refractivity contribution in [2.24, 2.45) is 0 Å². The van der Waals surface area contributed by atoms with E-state index in [1.807, 2.05) is 0 Å². The second kappa shape index (κ2) is 7.39. The van der Waals surface area contributed by atoms with Gasteiger partial charge >= 0.3 is 0 Å². The second-order valence-corrected chi connectivity index (χ2v) is 5.46. The van der Waals surface area contributed by atoms with Crippen LogP contribution in [0.3, 0.4) is 0 Å². The third-order valence-corrected chi connectivity index (χ3v) is 3.52. The molecule has 0 fully saturated rings. The highest BCUT2D eigenvalue weighted by molar-refractivity contribution is 6.00. The van der Waals surface area contributed by atoms with E-state index in [9.17, 15) is 25.0 Å². The summed E-state index contributed by atoms with van der Waals surface area (Å²) in [6, 6.07) is 9.85. The van der Waals surface area contributed by atoms with Gasteiger partial charge in [0.15, 0.2) is 0 Å². The van der Waals surface area contributed by atoms with Gasteiger partial charge in [0.2, 0.25) is 0 Å². The van der Waals surface area contributed by atoms with Gasteiger partial charge in [0.05, 0.1) is 15.4 Å². The predicted molar refractivity (Wildman–Crippen MR) is 91.7 cm³/mol. The fourth-order valence-electron chi connectivity index (χ4n) is 2.22. The first-order chi connectivity index (χ1) is 11.8. The number of nitro groups is 2. The zero-order chi connectivity index (χ0) is 18.6. The molecule has 0 atom stereocenters. The highest BCUT2D eigenvalue weighted by atomic mass is 16.6. The van der Waals surface area contributed by atoms with E-state index in [0.717, 1.165) is 0 Å². The molecule has 2 aromatic carbocycles. The van der Waals surface area contributed by atoms with Crippen molar-refractivity contribution < 1.29 is 14.6 Å². The van der Waals surface area contributed by atoms with Crippen LogP contribution in [0.15, 0.2) is 42.5 Å². The van der Waals surface area contributed by atoms with Crippen LogP contribution >= 0.6 is 0 Å². The minimum absolute atomic E-state index is 0.0383. The van der Waals surface area contributed by atoms with E-state index >= 15 is 0 Å².